The van der Waals surface area contributed by atoms with Crippen molar-refractivity contribution in [2.75, 3.05) is 20.3 Å². The van der Waals surface area contributed by atoms with Crippen LogP contribution in [0.25, 0.3) is 10.9 Å². The van der Waals surface area contributed by atoms with Crippen molar-refractivity contribution in [1.82, 2.24) is 4.57 Å². The first-order valence-electron chi connectivity index (χ1n) is 6.53. The smallest absolute Gasteiger partial charge is 0.338 e. The highest BCUT2D eigenvalue weighted by Gasteiger charge is 2.14. The van der Waals surface area contributed by atoms with Crippen LogP contribution < -0.4 is 0 Å². The van der Waals surface area contributed by atoms with Gasteiger partial charge >= 0.3 is 5.97 Å². The molecule has 0 radical (unpaired) electrons. The molecule has 2 aromatic rings. The van der Waals surface area contributed by atoms with Gasteiger partial charge in [-0.25, -0.2) is 4.79 Å². The van der Waals surface area contributed by atoms with Gasteiger partial charge < -0.3 is 14.0 Å². The Kier molecular flexibility index (Phi) is 5.26. The minimum Gasteiger partial charge on any atom is -0.462 e. The van der Waals surface area contributed by atoms with Gasteiger partial charge in [-0.1, -0.05) is 5.92 Å². The Hall–Kier alpha value is -1.52. The minimum atomic E-state index is -0.300. The van der Waals surface area contributed by atoms with Crippen molar-refractivity contribution in [3.8, 4) is 11.8 Å². The highest BCUT2D eigenvalue weighted by Crippen LogP contribution is 2.27. The third-order valence-electron chi connectivity index (χ3n) is 3.07. The first-order valence-corrected chi connectivity index (χ1v) is 7.60. The molecule has 0 spiro atoms. The molecule has 1 aromatic heterocycles. The van der Waals surface area contributed by atoms with Gasteiger partial charge in [-0.05, 0) is 53.6 Å². The molecule has 1 heterocycles. The molecule has 2 rings (SSSR count). The second-order valence-corrected chi connectivity index (χ2v) is 5.49. The van der Waals surface area contributed by atoms with Crippen LogP contribution in [-0.4, -0.2) is 30.9 Å². The van der Waals surface area contributed by atoms with Crippen molar-refractivity contribution >= 4 is 39.5 Å². The molecule has 0 atom stereocenters. The average Bonchev–Trinajstić information content (AvgIpc) is 2.72. The van der Waals surface area contributed by atoms with Crippen molar-refractivity contribution in [2.24, 2.45) is 7.05 Å². The summed E-state index contributed by atoms with van der Waals surface area (Å²) in [7, 11) is 3.58. The third kappa shape index (κ3) is 3.22. The van der Waals surface area contributed by atoms with Crippen molar-refractivity contribution in [2.45, 2.75) is 6.92 Å². The fourth-order valence-corrected chi connectivity index (χ4v) is 3.00. The van der Waals surface area contributed by atoms with E-state index in [1.54, 1.807) is 20.1 Å². The Labute approximate surface area is 137 Å². The van der Waals surface area contributed by atoms with Crippen LogP contribution >= 0.6 is 22.6 Å². The number of nitrogens with zero attached hydrogens (tertiary/aromatic N) is 1. The average molecular weight is 397 g/mol. The molecule has 0 N–H and O–H groups in total. The van der Waals surface area contributed by atoms with Crippen LogP contribution in [0.5, 0.6) is 0 Å². The molecule has 0 aliphatic rings. The van der Waals surface area contributed by atoms with Gasteiger partial charge in [0.05, 0.1) is 15.7 Å². The molecule has 1 aromatic carbocycles. The van der Waals surface area contributed by atoms with Crippen molar-refractivity contribution in [3.05, 3.63) is 33.0 Å². The van der Waals surface area contributed by atoms with E-state index in [0.717, 1.165) is 20.2 Å². The summed E-state index contributed by atoms with van der Waals surface area (Å²) in [5, 5.41) is 1.00. The van der Waals surface area contributed by atoms with Gasteiger partial charge in [0.2, 0.25) is 0 Å². The Morgan fingerprint density at radius 2 is 2.19 bits per heavy atom. The maximum Gasteiger partial charge on any atom is 0.338 e. The summed E-state index contributed by atoms with van der Waals surface area (Å²) in [6.45, 7) is 2.56. The number of carbonyl (C=O) groups excluding carboxylic acids is 1. The lowest BCUT2D eigenvalue weighted by Crippen LogP contribution is -2.04. The SMILES string of the molecule is CCOC(=O)c1ccc2c(c1)c(I)c(C#CCOC)n2C. The molecular weight excluding hydrogens is 381 g/mol. The van der Waals surface area contributed by atoms with E-state index in [9.17, 15) is 4.79 Å². The van der Waals surface area contributed by atoms with Crippen LogP contribution in [0.4, 0.5) is 0 Å². The molecule has 0 saturated carbocycles. The summed E-state index contributed by atoms with van der Waals surface area (Å²) in [5.41, 5.74) is 2.52. The largest absolute Gasteiger partial charge is 0.462 e. The zero-order valence-electron chi connectivity index (χ0n) is 12.2. The number of fused-ring (bicyclic) bond motifs is 1. The topological polar surface area (TPSA) is 40.5 Å². The summed E-state index contributed by atoms with van der Waals surface area (Å²) in [4.78, 5) is 11.8. The van der Waals surface area contributed by atoms with Gasteiger partial charge in [-0.15, -0.1) is 0 Å². The van der Waals surface area contributed by atoms with Gasteiger partial charge in [0.25, 0.3) is 0 Å². The number of benzene rings is 1. The highest BCUT2D eigenvalue weighted by molar-refractivity contribution is 14.1. The van der Waals surface area contributed by atoms with Crippen LogP contribution in [0.2, 0.25) is 0 Å². The zero-order valence-corrected chi connectivity index (χ0v) is 14.4. The van der Waals surface area contributed by atoms with E-state index in [4.69, 9.17) is 9.47 Å². The molecular formula is C16H16INO3. The Morgan fingerprint density at radius 3 is 2.86 bits per heavy atom. The van der Waals surface area contributed by atoms with E-state index in [1.165, 1.54) is 0 Å². The van der Waals surface area contributed by atoms with E-state index in [0.29, 0.717) is 18.8 Å². The molecule has 0 amide bonds. The monoisotopic (exact) mass is 397 g/mol. The lowest BCUT2D eigenvalue weighted by Gasteiger charge is -2.02. The van der Waals surface area contributed by atoms with Crippen molar-refractivity contribution < 1.29 is 14.3 Å². The summed E-state index contributed by atoms with van der Waals surface area (Å²) in [5.74, 6) is 5.77. The van der Waals surface area contributed by atoms with Crippen molar-refractivity contribution in [1.29, 1.82) is 0 Å². The predicted octanol–water partition coefficient (Wildman–Crippen LogP) is 2.96. The second kappa shape index (κ2) is 6.96. The van der Waals surface area contributed by atoms with Gasteiger partial charge in [0, 0.05) is 25.1 Å². The molecule has 21 heavy (non-hydrogen) atoms. The third-order valence-corrected chi connectivity index (χ3v) is 4.16. The fourth-order valence-electron chi connectivity index (χ4n) is 2.07. The molecule has 5 heteroatoms. The Bertz CT molecular complexity index is 737. The standard InChI is InChI=1S/C16H16INO3/c1-4-21-16(19)11-7-8-13-12(10-11)15(17)14(18(13)2)6-5-9-20-3/h7-8,10H,4,9H2,1-3H3. The Balaban J connectivity index is 2.51. The molecule has 0 aliphatic heterocycles. The number of ether oxygens (including phenoxy) is 2. The number of hydrogen-bond donors (Lipinski definition) is 0. The van der Waals surface area contributed by atoms with Crippen molar-refractivity contribution in [3.63, 3.8) is 0 Å². The van der Waals surface area contributed by atoms with E-state index in [-0.39, 0.29) is 5.97 Å². The fraction of sp³-hybridized carbons (Fsp3) is 0.312. The Morgan fingerprint density at radius 1 is 1.43 bits per heavy atom. The predicted molar refractivity (Wildman–Crippen MR) is 90.3 cm³/mol. The number of methoxy groups -OCH3 is 1. The van der Waals surface area contributed by atoms with Gasteiger partial charge in [-0.3, -0.25) is 0 Å². The maximum atomic E-state index is 11.8. The number of aromatic nitrogens is 1. The minimum absolute atomic E-state index is 0.300. The zero-order chi connectivity index (χ0) is 15.4. The van der Waals surface area contributed by atoms with E-state index in [2.05, 4.69) is 34.4 Å². The summed E-state index contributed by atoms with van der Waals surface area (Å²) in [6, 6.07) is 5.56. The number of halogens is 1. The molecule has 0 fully saturated rings. The normalized spacial score (nSPS) is 10.3. The van der Waals surface area contributed by atoms with E-state index >= 15 is 0 Å². The van der Waals surface area contributed by atoms with Gasteiger partial charge in [0.1, 0.15) is 12.3 Å². The molecule has 0 bridgehead atoms. The molecule has 110 valence electrons. The van der Waals surface area contributed by atoms with Crippen LogP contribution in [0.3, 0.4) is 0 Å². The quantitative estimate of drug-likeness (QED) is 0.454. The maximum absolute atomic E-state index is 11.8. The number of hydrogen-bond acceptors (Lipinski definition) is 3. The summed E-state index contributed by atoms with van der Waals surface area (Å²) < 4.78 is 13.0. The second-order valence-electron chi connectivity index (χ2n) is 4.41. The number of carbonyl (C=O) groups is 1. The number of esters is 1. The number of rotatable bonds is 3. The van der Waals surface area contributed by atoms with Crippen LogP contribution in [-0.2, 0) is 16.5 Å². The summed E-state index contributed by atoms with van der Waals surface area (Å²) >= 11 is 2.26. The summed E-state index contributed by atoms with van der Waals surface area (Å²) in [6.07, 6.45) is 0. The molecule has 0 unspecified atom stereocenters. The first kappa shape index (κ1) is 15.9. The van der Waals surface area contributed by atoms with Gasteiger partial charge in [0.15, 0.2) is 0 Å². The molecule has 4 nitrogen and oxygen atoms in total. The van der Waals surface area contributed by atoms with E-state index < -0.39 is 0 Å². The van der Waals surface area contributed by atoms with Crippen LogP contribution in [0, 0.1) is 15.4 Å². The first-order chi connectivity index (χ1) is 10.1. The lowest BCUT2D eigenvalue weighted by atomic mass is 10.1. The van der Waals surface area contributed by atoms with Gasteiger partial charge in [-0.2, -0.15) is 0 Å². The van der Waals surface area contributed by atoms with Crippen LogP contribution in [0.1, 0.15) is 23.0 Å². The molecule has 0 aliphatic carbocycles. The highest BCUT2D eigenvalue weighted by atomic mass is 127. The van der Waals surface area contributed by atoms with E-state index in [1.807, 2.05) is 23.7 Å². The van der Waals surface area contributed by atoms with Crippen LogP contribution in [0.15, 0.2) is 18.2 Å². The molecule has 0 saturated heterocycles. The number of aryl methyl sites for hydroxylation is 1. The lowest BCUT2D eigenvalue weighted by molar-refractivity contribution is 0.0526.